The highest BCUT2D eigenvalue weighted by molar-refractivity contribution is 5.93. The highest BCUT2D eigenvalue weighted by Gasteiger charge is 2.42. The minimum Gasteiger partial charge on any atom is -0.508 e. The maximum absolute atomic E-state index is 14.5. The maximum atomic E-state index is 14.5. The molecule has 2 aromatic carbocycles. The van der Waals surface area contributed by atoms with Gasteiger partial charge in [-0.25, -0.2) is 4.79 Å². The number of carbonyl (C=O) groups is 3. The van der Waals surface area contributed by atoms with Gasteiger partial charge in [0.25, 0.3) is 0 Å². The Labute approximate surface area is 238 Å². The summed E-state index contributed by atoms with van der Waals surface area (Å²) in [5.41, 5.74) is -0.275. The molecule has 8 heteroatoms. The number of alkyl carbamates (subject to hydrolysis) is 1. The van der Waals surface area contributed by atoms with Gasteiger partial charge < -0.3 is 25.4 Å². The first-order valence-electron chi connectivity index (χ1n) is 13.3. The first-order valence-corrected chi connectivity index (χ1v) is 13.3. The number of aromatic hydroxyl groups is 1. The molecule has 216 valence electrons. The van der Waals surface area contributed by atoms with Crippen LogP contribution in [0.25, 0.3) is 0 Å². The molecule has 0 radical (unpaired) electrons. The van der Waals surface area contributed by atoms with Crippen LogP contribution in [-0.4, -0.2) is 50.6 Å². The van der Waals surface area contributed by atoms with Crippen LogP contribution in [0.15, 0.2) is 48.5 Å². The van der Waals surface area contributed by atoms with Crippen LogP contribution in [0.1, 0.15) is 85.0 Å². The number of hydrogen-bond acceptors (Lipinski definition) is 5. The summed E-state index contributed by atoms with van der Waals surface area (Å²) in [4.78, 5) is 42.7. The van der Waals surface area contributed by atoms with Crippen LogP contribution < -0.4 is 10.6 Å². The molecule has 0 aromatic heterocycles. The molecule has 0 spiro atoms. The van der Waals surface area contributed by atoms with Crippen LogP contribution in [0, 0.1) is 12.3 Å². The second-order valence-corrected chi connectivity index (χ2v) is 12.9. The van der Waals surface area contributed by atoms with E-state index >= 15 is 0 Å². The summed E-state index contributed by atoms with van der Waals surface area (Å²) < 4.78 is 5.47. The quantitative estimate of drug-likeness (QED) is 0.417. The van der Waals surface area contributed by atoms with Gasteiger partial charge in [-0.1, -0.05) is 30.2 Å². The summed E-state index contributed by atoms with van der Waals surface area (Å²) in [6, 6.07) is 11.2. The molecular formula is C32H43N3O5. The predicted octanol–water partition coefficient (Wildman–Crippen LogP) is 5.09. The molecule has 0 aliphatic heterocycles. The Bertz CT molecular complexity index is 1220. The van der Waals surface area contributed by atoms with Gasteiger partial charge in [0.2, 0.25) is 11.8 Å². The Kier molecular flexibility index (Phi) is 10.0. The van der Waals surface area contributed by atoms with Gasteiger partial charge in [-0.2, -0.15) is 0 Å². The zero-order valence-corrected chi connectivity index (χ0v) is 25.1. The Hall–Kier alpha value is -3.99. The molecule has 2 unspecified atom stereocenters. The molecule has 3 amide bonds. The monoisotopic (exact) mass is 549 g/mol. The van der Waals surface area contributed by atoms with Crippen LogP contribution in [0.4, 0.5) is 4.79 Å². The number of ether oxygens (including phenoxy) is 1. The van der Waals surface area contributed by atoms with E-state index in [1.165, 1.54) is 17.0 Å². The van der Waals surface area contributed by atoms with Crippen molar-refractivity contribution in [1.82, 2.24) is 15.5 Å². The SMILES string of the molecule is C#Cc1ccc(C(C(=O)NC(C)(C)C)N(C(=O)C(Cc2ccc(O)cc2)NC(=O)OC(C)(C)C)C(C)(C)C)cc1. The lowest BCUT2D eigenvalue weighted by atomic mass is 9.93. The summed E-state index contributed by atoms with van der Waals surface area (Å²) in [5.74, 6) is 1.81. The number of terminal acetylenes is 1. The Morgan fingerprint density at radius 1 is 0.925 bits per heavy atom. The smallest absolute Gasteiger partial charge is 0.408 e. The van der Waals surface area contributed by atoms with Gasteiger partial charge in [0.1, 0.15) is 23.4 Å². The summed E-state index contributed by atoms with van der Waals surface area (Å²) in [6.45, 7) is 16.3. The van der Waals surface area contributed by atoms with Gasteiger partial charge in [-0.3, -0.25) is 9.59 Å². The molecule has 2 atom stereocenters. The molecule has 0 saturated heterocycles. The summed E-state index contributed by atoms with van der Waals surface area (Å²) in [5, 5.41) is 15.5. The van der Waals surface area contributed by atoms with Gasteiger partial charge in [0.05, 0.1) is 0 Å². The minimum atomic E-state index is -1.08. The molecule has 8 nitrogen and oxygen atoms in total. The number of hydrogen-bond donors (Lipinski definition) is 3. The van der Waals surface area contributed by atoms with Crippen molar-refractivity contribution in [1.29, 1.82) is 0 Å². The molecule has 0 heterocycles. The Morgan fingerprint density at radius 3 is 1.93 bits per heavy atom. The fraction of sp³-hybridized carbons (Fsp3) is 0.469. The molecule has 40 heavy (non-hydrogen) atoms. The standard InChI is InChI=1S/C32H43N3O5/c1-11-21-12-16-23(17-13-21)26(27(37)34-30(2,3)4)35(31(5,6)7)28(38)25(33-29(39)40-32(8,9)10)20-22-14-18-24(36)19-15-22/h1,12-19,25-26,36H,20H2,2-10H3,(H,33,39)(H,34,37). The molecule has 0 saturated carbocycles. The molecule has 2 aromatic rings. The third-order valence-corrected chi connectivity index (χ3v) is 5.72. The minimum absolute atomic E-state index is 0.0809. The number of amides is 3. The van der Waals surface area contributed by atoms with E-state index in [4.69, 9.17) is 11.2 Å². The summed E-state index contributed by atoms with van der Waals surface area (Å²) >= 11 is 0. The number of phenolic OH excluding ortho intramolecular Hbond substituents is 1. The average Bonchev–Trinajstić information content (AvgIpc) is 2.80. The van der Waals surface area contributed by atoms with Crippen LogP contribution in [0.2, 0.25) is 0 Å². The second-order valence-electron chi connectivity index (χ2n) is 12.9. The number of carbonyl (C=O) groups excluding carboxylic acids is 3. The van der Waals surface area contributed by atoms with Crippen LogP contribution >= 0.6 is 0 Å². The van der Waals surface area contributed by atoms with E-state index in [9.17, 15) is 19.5 Å². The predicted molar refractivity (Wildman–Crippen MR) is 157 cm³/mol. The van der Waals surface area contributed by atoms with Crippen molar-refractivity contribution in [2.75, 3.05) is 0 Å². The zero-order valence-electron chi connectivity index (χ0n) is 25.1. The van der Waals surface area contributed by atoms with Crippen molar-refractivity contribution in [3.8, 4) is 18.1 Å². The zero-order chi connectivity index (χ0) is 30.5. The first-order chi connectivity index (χ1) is 18.3. The normalized spacial score (nSPS) is 13.4. The largest absolute Gasteiger partial charge is 0.508 e. The van der Waals surface area contributed by atoms with E-state index in [-0.39, 0.29) is 18.1 Å². The van der Waals surface area contributed by atoms with E-state index in [0.717, 1.165) is 0 Å². The molecule has 0 aliphatic rings. The van der Waals surface area contributed by atoms with Gasteiger partial charge >= 0.3 is 6.09 Å². The van der Waals surface area contributed by atoms with Gasteiger partial charge in [0.15, 0.2) is 0 Å². The number of phenols is 1. The lowest BCUT2D eigenvalue weighted by molar-refractivity contribution is -0.149. The Morgan fingerprint density at radius 2 is 1.48 bits per heavy atom. The maximum Gasteiger partial charge on any atom is 0.408 e. The fourth-order valence-electron chi connectivity index (χ4n) is 4.15. The number of rotatable bonds is 7. The topological polar surface area (TPSA) is 108 Å². The van der Waals surface area contributed by atoms with Gasteiger partial charge in [-0.15, -0.1) is 6.42 Å². The van der Waals surface area contributed by atoms with Gasteiger partial charge in [-0.05, 0) is 97.7 Å². The van der Waals surface area contributed by atoms with Crippen LogP contribution in [-0.2, 0) is 20.7 Å². The van der Waals surface area contributed by atoms with Crippen molar-refractivity contribution in [3.63, 3.8) is 0 Å². The number of nitrogens with zero attached hydrogens (tertiary/aromatic N) is 1. The highest BCUT2D eigenvalue weighted by atomic mass is 16.6. The first kappa shape index (κ1) is 32.2. The van der Waals surface area contributed by atoms with Crippen LogP contribution in [0.5, 0.6) is 5.75 Å². The lowest BCUT2D eigenvalue weighted by Crippen LogP contribution is -2.60. The number of benzene rings is 2. The third-order valence-electron chi connectivity index (χ3n) is 5.72. The van der Waals surface area contributed by atoms with E-state index in [1.807, 2.05) is 41.5 Å². The molecular weight excluding hydrogens is 506 g/mol. The highest BCUT2D eigenvalue weighted by Crippen LogP contribution is 2.31. The van der Waals surface area contributed by atoms with E-state index in [2.05, 4.69) is 16.6 Å². The van der Waals surface area contributed by atoms with E-state index in [0.29, 0.717) is 16.7 Å². The molecule has 0 aliphatic carbocycles. The van der Waals surface area contributed by atoms with Crippen molar-refractivity contribution >= 4 is 17.9 Å². The molecule has 3 N–H and O–H groups in total. The lowest BCUT2D eigenvalue weighted by Gasteiger charge is -2.43. The van der Waals surface area contributed by atoms with Crippen LogP contribution in [0.3, 0.4) is 0 Å². The average molecular weight is 550 g/mol. The second kappa shape index (κ2) is 12.5. The molecule has 0 bridgehead atoms. The molecule has 0 fully saturated rings. The number of nitrogens with one attached hydrogen (secondary N) is 2. The van der Waals surface area contributed by atoms with Crippen molar-refractivity contribution in [2.45, 2.75) is 97.5 Å². The fourth-order valence-corrected chi connectivity index (χ4v) is 4.15. The summed E-state index contributed by atoms with van der Waals surface area (Å²) in [6.07, 6.45) is 4.90. The van der Waals surface area contributed by atoms with Crippen molar-refractivity contribution in [3.05, 3.63) is 65.2 Å². The van der Waals surface area contributed by atoms with E-state index < -0.39 is 40.8 Å². The van der Waals surface area contributed by atoms with E-state index in [1.54, 1.807) is 57.2 Å². The van der Waals surface area contributed by atoms with Crippen molar-refractivity contribution < 1.29 is 24.2 Å². The third kappa shape index (κ3) is 9.64. The summed E-state index contributed by atoms with van der Waals surface area (Å²) in [7, 11) is 0. The van der Waals surface area contributed by atoms with Crippen molar-refractivity contribution in [2.24, 2.45) is 0 Å². The molecule has 2 rings (SSSR count). The Balaban J connectivity index is 2.65. The van der Waals surface area contributed by atoms with Gasteiger partial charge in [0, 0.05) is 23.1 Å².